The van der Waals surface area contributed by atoms with Crippen molar-refractivity contribution < 1.29 is 14.3 Å². The maximum absolute atomic E-state index is 11.1. The van der Waals surface area contributed by atoms with Crippen LogP contribution in [0.4, 0.5) is 9.59 Å². The molecule has 0 spiro atoms. The molecule has 0 radical (unpaired) electrons. The van der Waals surface area contributed by atoms with Crippen LogP contribution in [0.1, 0.15) is 5.56 Å². The minimum Gasteiger partial charge on any atom is -0.453 e. The van der Waals surface area contributed by atoms with Gasteiger partial charge in [0.15, 0.2) is 0 Å². The number of urea groups is 1. The van der Waals surface area contributed by atoms with Gasteiger partial charge in [-0.15, -0.1) is 0 Å². The minimum atomic E-state index is -0.777. The zero-order chi connectivity index (χ0) is 11.1. The molecule has 0 fully saturated rings. The molecule has 1 aromatic carbocycles. The third-order valence-electron chi connectivity index (χ3n) is 1.70. The zero-order valence-electron chi connectivity index (χ0n) is 8.32. The van der Waals surface area contributed by atoms with Crippen LogP contribution >= 0.6 is 0 Å². The lowest BCUT2D eigenvalue weighted by Gasteiger charge is -2.05. The standard InChI is InChI=1S/C10H12N2O3/c1-15-10(14)12-9(13)11-7-8-5-3-2-4-6-8/h2-6H,7H2,1H3,(H2,11,12,13,14). The van der Waals surface area contributed by atoms with E-state index in [1.54, 1.807) is 0 Å². The van der Waals surface area contributed by atoms with Gasteiger partial charge in [0.05, 0.1) is 7.11 Å². The van der Waals surface area contributed by atoms with E-state index in [4.69, 9.17) is 0 Å². The van der Waals surface area contributed by atoms with Gasteiger partial charge in [0.1, 0.15) is 0 Å². The van der Waals surface area contributed by atoms with E-state index in [-0.39, 0.29) is 0 Å². The molecule has 0 saturated heterocycles. The van der Waals surface area contributed by atoms with Crippen molar-refractivity contribution in [1.82, 2.24) is 10.6 Å². The summed E-state index contributed by atoms with van der Waals surface area (Å²) in [5, 5.41) is 4.50. The second-order valence-electron chi connectivity index (χ2n) is 2.78. The topological polar surface area (TPSA) is 67.4 Å². The highest BCUT2D eigenvalue weighted by Crippen LogP contribution is 1.96. The summed E-state index contributed by atoms with van der Waals surface area (Å²) in [7, 11) is 1.19. The molecule has 0 aliphatic heterocycles. The number of benzene rings is 1. The van der Waals surface area contributed by atoms with E-state index in [9.17, 15) is 9.59 Å². The molecule has 0 bridgehead atoms. The Hall–Kier alpha value is -2.04. The molecular weight excluding hydrogens is 196 g/mol. The van der Waals surface area contributed by atoms with Gasteiger partial charge >= 0.3 is 12.1 Å². The van der Waals surface area contributed by atoms with E-state index >= 15 is 0 Å². The smallest absolute Gasteiger partial charge is 0.415 e. The Morgan fingerprint density at radius 1 is 1.27 bits per heavy atom. The summed E-state index contributed by atoms with van der Waals surface area (Å²) >= 11 is 0. The first-order chi connectivity index (χ1) is 7.22. The fraction of sp³-hybridized carbons (Fsp3) is 0.200. The highest BCUT2D eigenvalue weighted by atomic mass is 16.5. The number of carbonyl (C=O) groups excluding carboxylic acids is 2. The number of imide groups is 1. The molecular formula is C10H12N2O3. The van der Waals surface area contributed by atoms with Crippen molar-refractivity contribution in [2.24, 2.45) is 0 Å². The second-order valence-corrected chi connectivity index (χ2v) is 2.78. The number of nitrogens with one attached hydrogen (secondary N) is 2. The maximum atomic E-state index is 11.1. The summed E-state index contributed by atoms with van der Waals surface area (Å²) in [6.07, 6.45) is -0.777. The number of methoxy groups -OCH3 is 1. The highest BCUT2D eigenvalue weighted by Gasteiger charge is 2.05. The summed E-state index contributed by atoms with van der Waals surface area (Å²) in [5.74, 6) is 0. The van der Waals surface area contributed by atoms with E-state index in [0.717, 1.165) is 5.56 Å². The lowest BCUT2D eigenvalue weighted by molar-refractivity contribution is 0.170. The largest absolute Gasteiger partial charge is 0.453 e. The number of carbonyl (C=O) groups is 2. The molecule has 1 aromatic rings. The van der Waals surface area contributed by atoms with Gasteiger partial charge in [0.25, 0.3) is 0 Å². The number of amides is 3. The normalized spacial score (nSPS) is 9.13. The average Bonchev–Trinajstić information content (AvgIpc) is 2.27. The van der Waals surface area contributed by atoms with Crippen molar-refractivity contribution >= 4 is 12.1 Å². The fourth-order valence-corrected chi connectivity index (χ4v) is 0.966. The van der Waals surface area contributed by atoms with Crippen LogP contribution in [0.3, 0.4) is 0 Å². The first-order valence-electron chi connectivity index (χ1n) is 4.39. The third kappa shape index (κ3) is 4.12. The number of hydrogen-bond acceptors (Lipinski definition) is 3. The van der Waals surface area contributed by atoms with Crippen LogP contribution in [0.25, 0.3) is 0 Å². The number of alkyl carbamates (subject to hydrolysis) is 1. The van der Waals surface area contributed by atoms with Crippen molar-refractivity contribution in [3.63, 3.8) is 0 Å². The molecule has 2 N–H and O–H groups in total. The first kappa shape index (κ1) is 11.0. The lowest BCUT2D eigenvalue weighted by atomic mass is 10.2. The number of hydrogen-bond donors (Lipinski definition) is 2. The van der Waals surface area contributed by atoms with Gasteiger partial charge in [-0.1, -0.05) is 30.3 Å². The van der Waals surface area contributed by atoms with Crippen LogP contribution in [0.2, 0.25) is 0 Å². The molecule has 0 unspecified atom stereocenters. The van der Waals surface area contributed by atoms with E-state index in [1.807, 2.05) is 35.6 Å². The predicted octanol–water partition coefficient (Wildman–Crippen LogP) is 1.25. The summed E-state index contributed by atoms with van der Waals surface area (Å²) in [5.41, 5.74) is 0.956. The first-order valence-corrected chi connectivity index (χ1v) is 4.39. The van der Waals surface area contributed by atoms with Crippen LogP contribution in [0.5, 0.6) is 0 Å². The molecule has 0 saturated carbocycles. The van der Waals surface area contributed by atoms with Crippen LogP contribution in [-0.2, 0) is 11.3 Å². The molecule has 0 aliphatic rings. The molecule has 0 atom stereocenters. The average molecular weight is 208 g/mol. The number of rotatable bonds is 2. The zero-order valence-corrected chi connectivity index (χ0v) is 8.32. The van der Waals surface area contributed by atoms with Crippen LogP contribution in [-0.4, -0.2) is 19.2 Å². The summed E-state index contributed by atoms with van der Waals surface area (Å²) in [6, 6.07) is 8.80. The Morgan fingerprint density at radius 3 is 2.53 bits per heavy atom. The molecule has 0 aromatic heterocycles. The Kier molecular flexibility index (Phi) is 4.15. The molecule has 1 rings (SSSR count). The van der Waals surface area contributed by atoms with E-state index in [1.165, 1.54) is 7.11 Å². The fourth-order valence-electron chi connectivity index (χ4n) is 0.966. The lowest BCUT2D eigenvalue weighted by Crippen LogP contribution is -2.38. The quantitative estimate of drug-likeness (QED) is 0.768. The molecule has 80 valence electrons. The van der Waals surface area contributed by atoms with E-state index < -0.39 is 12.1 Å². The van der Waals surface area contributed by atoms with E-state index in [0.29, 0.717) is 6.54 Å². The van der Waals surface area contributed by atoms with E-state index in [2.05, 4.69) is 10.1 Å². The third-order valence-corrected chi connectivity index (χ3v) is 1.70. The summed E-state index contributed by atoms with van der Waals surface area (Å²) < 4.78 is 4.26. The van der Waals surface area contributed by atoms with Gasteiger partial charge in [0, 0.05) is 6.54 Å². The molecule has 5 nitrogen and oxygen atoms in total. The van der Waals surface area contributed by atoms with Gasteiger partial charge in [-0.25, -0.2) is 14.9 Å². The van der Waals surface area contributed by atoms with Crippen molar-refractivity contribution in [2.45, 2.75) is 6.54 Å². The Balaban J connectivity index is 2.32. The Bertz CT molecular complexity index is 338. The molecule has 0 heterocycles. The van der Waals surface area contributed by atoms with Crippen molar-refractivity contribution in [3.8, 4) is 0 Å². The molecule has 3 amide bonds. The second kappa shape index (κ2) is 5.64. The van der Waals surface area contributed by atoms with Crippen LogP contribution in [0, 0.1) is 0 Å². The maximum Gasteiger partial charge on any atom is 0.415 e. The van der Waals surface area contributed by atoms with Crippen molar-refractivity contribution in [2.75, 3.05) is 7.11 Å². The van der Waals surface area contributed by atoms with Crippen molar-refractivity contribution in [1.29, 1.82) is 0 Å². The minimum absolute atomic E-state index is 0.365. The molecule has 5 heteroatoms. The Labute approximate surface area is 87.4 Å². The number of ether oxygens (including phenoxy) is 1. The van der Waals surface area contributed by atoms with Crippen molar-refractivity contribution in [3.05, 3.63) is 35.9 Å². The highest BCUT2D eigenvalue weighted by molar-refractivity contribution is 5.90. The van der Waals surface area contributed by atoms with Crippen LogP contribution in [0.15, 0.2) is 30.3 Å². The van der Waals surface area contributed by atoms with Gasteiger partial charge in [-0.3, -0.25) is 0 Å². The summed E-state index contributed by atoms with van der Waals surface area (Å²) in [6.45, 7) is 0.365. The SMILES string of the molecule is COC(=O)NC(=O)NCc1ccccc1. The van der Waals surface area contributed by atoms with Gasteiger partial charge in [0.2, 0.25) is 0 Å². The van der Waals surface area contributed by atoms with Gasteiger partial charge in [-0.2, -0.15) is 0 Å². The van der Waals surface area contributed by atoms with Crippen LogP contribution < -0.4 is 10.6 Å². The molecule has 0 aliphatic carbocycles. The monoisotopic (exact) mass is 208 g/mol. The molecule has 15 heavy (non-hydrogen) atoms. The predicted molar refractivity (Wildman–Crippen MR) is 54.2 cm³/mol. The summed E-state index contributed by atoms with van der Waals surface area (Å²) in [4.78, 5) is 21.7. The van der Waals surface area contributed by atoms with Gasteiger partial charge in [-0.05, 0) is 5.56 Å². The van der Waals surface area contributed by atoms with Gasteiger partial charge < -0.3 is 10.1 Å². The Morgan fingerprint density at radius 2 is 1.93 bits per heavy atom.